The van der Waals surface area contributed by atoms with Gasteiger partial charge in [0.05, 0.1) is 19.6 Å². The fraction of sp³-hybridized carbons (Fsp3) is 0.438. The Hall–Kier alpha value is -1.81. The van der Waals surface area contributed by atoms with Gasteiger partial charge in [-0.3, -0.25) is 4.79 Å². The van der Waals surface area contributed by atoms with Gasteiger partial charge in [0, 0.05) is 36.7 Å². The largest absolute Gasteiger partial charge is 0.378 e. The zero-order chi connectivity index (χ0) is 14.1. The van der Waals surface area contributed by atoms with Gasteiger partial charge in [-0.15, -0.1) is 0 Å². The smallest absolute Gasteiger partial charge is 0.227 e. The molecule has 1 aromatic carbocycles. The normalized spacial score (nSPS) is 15.8. The minimum atomic E-state index is 0.202. The van der Waals surface area contributed by atoms with Crippen LogP contribution in [0.15, 0.2) is 24.3 Å². The summed E-state index contributed by atoms with van der Waals surface area (Å²) >= 11 is 0. The topological polar surface area (TPSA) is 34.5 Å². The van der Waals surface area contributed by atoms with Crippen molar-refractivity contribution >= 4 is 16.8 Å². The first-order valence-corrected chi connectivity index (χ1v) is 7.07. The summed E-state index contributed by atoms with van der Waals surface area (Å²) in [5, 5.41) is 1.19. The maximum Gasteiger partial charge on any atom is 0.227 e. The van der Waals surface area contributed by atoms with E-state index in [9.17, 15) is 4.79 Å². The number of para-hydroxylation sites is 1. The van der Waals surface area contributed by atoms with Gasteiger partial charge in [0.2, 0.25) is 5.91 Å². The fourth-order valence-corrected chi connectivity index (χ4v) is 2.90. The predicted octanol–water partition coefficient (Wildman–Crippen LogP) is 1.89. The molecule has 0 saturated carbocycles. The highest BCUT2D eigenvalue weighted by Crippen LogP contribution is 2.25. The van der Waals surface area contributed by atoms with Gasteiger partial charge in [-0.25, -0.2) is 0 Å². The average Bonchev–Trinajstić information content (AvgIpc) is 2.74. The van der Waals surface area contributed by atoms with Gasteiger partial charge in [0.25, 0.3) is 0 Å². The van der Waals surface area contributed by atoms with Crippen LogP contribution in [0.25, 0.3) is 10.9 Å². The summed E-state index contributed by atoms with van der Waals surface area (Å²) in [5.41, 5.74) is 3.52. The molecule has 0 spiro atoms. The number of carbonyl (C=O) groups is 1. The highest BCUT2D eigenvalue weighted by Gasteiger charge is 2.20. The molecule has 0 atom stereocenters. The molecule has 4 nitrogen and oxygen atoms in total. The summed E-state index contributed by atoms with van der Waals surface area (Å²) in [6.07, 6.45) is 0.479. The highest BCUT2D eigenvalue weighted by molar-refractivity contribution is 5.90. The Morgan fingerprint density at radius 3 is 2.70 bits per heavy atom. The van der Waals surface area contributed by atoms with Crippen molar-refractivity contribution in [3.8, 4) is 0 Å². The monoisotopic (exact) mass is 272 g/mol. The van der Waals surface area contributed by atoms with E-state index in [1.54, 1.807) is 0 Å². The van der Waals surface area contributed by atoms with Crippen molar-refractivity contribution in [3.63, 3.8) is 0 Å². The summed E-state index contributed by atoms with van der Waals surface area (Å²) < 4.78 is 7.46. The third-order valence-electron chi connectivity index (χ3n) is 4.22. The van der Waals surface area contributed by atoms with Gasteiger partial charge in [0.1, 0.15) is 0 Å². The summed E-state index contributed by atoms with van der Waals surface area (Å²) in [4.78, 5) is 14.3. The molecular weight excluding hydrogens is 252 g/mol. The Morgan fingerprint density at radius 2 is 1.95 bits per heavy atom. The minimum absolute atomic E-state index is 0.202. The van der Waals surface area contributed by atoms with E-state index in [4.69, 9.17) is 4.74 Å². The van der Waals surface area contributed by atoms with Gasteiger partial charge >= 0.3 is 0 Å². The molecule has 1 saturated heterocycles. The van der Waals surface area contributed by atoms with Crippen molar-refractivity contribution in [2.75, 3.05) is 26.3 Å². The molecule has 1 aliphatic rings. The first-order chi connectivity index (χ1) is 9.68. The predicted molar refractivity (Wildman–Crippen MR) is 78.8 cm³/mol. The molecule has 1 amide bonds. The first kappa shape index (κ1) is 13.2. The van der Waals surface area contributed by atoms with Crippen LogP contribution in [0.1, 0.15) is 11.3 Å². The van der Waals surface area contributed by atoms with Crippen LogP contribution in [0.5, 0.6) is 0 Å². The number of aromatic nitrogens is 1. The molecule has 4 heteroatoms. The molecule has 0 N–H and O–H groups in total. The lowest BCUT2D eigenvalue weighted by Gasteiger charge is -2.27. The fourth-order valence-electron chi connectivity index (χ4n) is 2.90. The first-order valence-electron chi connectivity index (χ1n) is 7.07. The van der Waals surface area contributed by atoms with Crippen molar-refractivity contribution in [2.45, 2.75) is 13.3 Å². The Kier molecular flexibility index (Phi) is 3.49. The second kappa shape index (κ2) is 5.29. The number of morpholine rings is 1. The van der Waals surface area contributed by atoms with E-state index in [-0.39, 0.29) is 5.91 Å². The van der Waals surface area contributed by atoms with Crippen molar-refractivity contribution in [1.82, 2.24) is 9.47 Å². The third kappa shape index (κ3) is 2.20. The third-order valence-corrected chi connectivity index (χ3v) is 4.22. The van der Waals surface area contributed by atoms with Crippen LogP contribution in [0.2, 0.25) is 0 Å². The molecular formula is C16H20N2O2. The molecule has 3 rings (SSSR count). The number of carbonyl (C=O) groups excluding carboxylic acids is 1. The van der Waals surface area contributed by atoms with E-state index in [1.807, 2.05) is 17.0 Å². The van der Waals surface area contributed by atoms with E-state index in [2.05, 4.69) is 30.7 Å². The molecule has 0 aliphatic carbocycles. The van der Waals surface area contributed by atoms with Crippen molar-refractivity contribution < 1.29 is 9.53 Å². The minimum Gasteiger partial charge on any atom is -0.378 e. The lowest BCUT2D eigenvalue weighted by atomic mass is 10.1. The Morgan fingerprint density at radius 1 is 1.25 bits per heavy atom. The molecule has 2 aromatic rings. The molecule has 0 radical (unpaired) electrons. The number of nitrogens with zero attached hydrogens (tertiary/aromatic N) is 2. The molecule has 0 bridgehead atoms. The van der Waals surface area contributed by atoms with Crippen LogP contribution < -0.4 is 0 Å². The molecule has 0 unspecified atom stereocenters. The number of hydrogen-bond donors (Lipinski definition) is 0. The van der Waals surface area contributed by atoms with Gasteiger partial charge in [-0.1, -0.05) is 18.2 Å². The number of rotatable bonds is 2. The zero-order valence-corrected chi connectivity index (χ0v) is 12.1. The van der Waals surface area contributed by atoms with Crippen molar-refractivity contribution in [3.05, 3.63) is 35.5 Å². The van der Waals surface area contributed by atoms with Crippen LogP contribution in [-0.2, 0) is 23.0 Å². The quantitative estimate of drug-likeness (QED) is 0.836. The Bertz CT molecular complexity index is 639. The van der Waals surface area contributed by atoms with Gasteiger partial charge in [-0.05, 0) is 18.6 Å². The summed E-state index contributed by atoms with van der Waals surface area (Å²) in [6.45, 7) is 4.81. The molecule has 1 aromatic heterocycles. The van der Waals surface area contributed by atoms with Crippen LogP contribution >= 0.6 is 0 Å². The lowest BCUT2D eigenvalue weighted by Crippen LogP contribution is -2.41. The maximum atomic E-state index is 12.4. The maximum absolute atomic E-state index is 12.4. The Labute approximate surface area is 118 Å². The molecule has 20 heavy (non-hydrogen) atoms. The van der Waals surface area contributed by atoms with E-state index >= 15 is 0 Å². The molecule has 1 aliphatic heterocycles. The van der Waals surface area contributed by atoms with Gasteiger partial charge in [0.15, 0.2) is 0 Å². The van der Waals surface area contributed by atoms with E-state index in [0.717, 1.165) is 5.56 Å². The molecule has 106 valence electrons. The molecule has 1 fully saturated rings. The van der Waals surface area contributed by atoms with Gasteiger partial charge in [-0.2, -0.15) is 0 Å². The summed E-state index contributed by atoms with van der Waals surface area (Å²) in [7, 11) is 2.06. The second-order valence-corrected chi connectivity index (χ2v) is 5.31. The van der Waals surface area contributed by atoms with Crippen molar-refractivity contribution in [2.24, 2.45) is 7.05 Å². The number of amides is 1. The number of fused-ring (bicyclic) bond motifs is 1. The summed E-state index contributed by atoms with van der Waals surface area (Å²) in [5.74, 6) is 0.202. The number of hydrogen-bond acceptors (Lipinski definition) is 2. The zero-order valence-electron chi connectivity index (χ0n) is 12.1. The SMILES string of the molecule is Cc1c(CC(=O)N2CCOCC2)c2ccccc2n1C. The summed E-state index contributed by atoms with van der Waals surface area (Å²) in [6, 6.07) is 8.27. The van der Waals surface area contributed by atoms with E-state index < -0.39 is 0 Å². The van der Waals surface area contributed by atoms with Crippen LogP contribution in [0, 0.1) is 6.92 Å². The van der Waals surface area contributed by atoms with Crippen LogP contribution in [0.3, 0.4) is 0 Å². The van der Waals surface area contributed by atoms with Crippen LogP contribution in [-0.4, -0.2) is 41.7 Å². The lowest BCUT2D eigenvalue weighted by molar-refractivity contribution is -0.134. The van der Waals surface area contributed by atoms with Crippen molar-refractivity contribution in [1.29, 1.82) is 0 Å². The standard InChI is InChI=1S/C16H20N2O2/c1-12-14(11-16(19)18-7-9-20-10-8-18)13-5-3-4-6-15(13)17(12)2/h3-6H,7-11H2,1-2H3. The Balaban J connectivity index is 1.90. The van der Waals surface area contributed by atoms with E-state index in [0.29, 0.717) is 32.7 Å². The number of aryl methyl sites for hydroxylation is 1. The van der Waals surface area contributed by atoms with Crippen LogP contribution in [0.4, 0.5) is 0 Å². The highest BCUT2D eigenvalue weighted by atomic mass is 16.5. The number of ether oxygens (including phenoxy) is 1. The number of benzene rings is 1. The average molecular weight is 272 g/mol. The second-order valence-electron chi connectivity index (χ2n) is 5.31. The molecule has 2 heterocycles. The van der Waals surface area contributed by atoms with E-state index in [1.165, 1.54) is 16.6 Å². The van der Waals surface area contributed by atoms with Gasteiger partial charge < -0.3 is 14.2 Å².